The largest absolute Gasteiger partial charge is 0.462 e. The van der Waals surface area contributed by atoms with Gasteiger partial charge in [0.15, 0.2) is 0 Å². The predicted octanol–water partition coefficient (Wildman–Crippen LogP) is 4.32. The molecule has 1 atom stereocenters. The number of benzene rings is 2. The molecule has 9 heteroatoms. The fourth-order valence-electron chi connectivity index (χ4n) is 4.35. The van der Waals surface area contributed by atoms with Gasteiger partial charge < -0.3 is 19.9 Å². The topological polar surface area (TPSA) is 105 Å². The van der Waals surface area contributed by atoms with E-state index in [4.69, 9.17) is 4.74 Å². The first-order valence-corrected chi connectivity index (χ1v) is 12.3. The normalized spacial score (nSPS) is 15.3. The molecule has 1 aliphatic rings. The second kappa shape index (κ2) is 11.2. The molecule has 3 aromatic rings. The summed E-state index contributed by atoms with van der Waals surface area (Å²) in [6.45, 7) is 8.37. The van der Waals surface area contributed by atoms with Crippen molar-refractivity contribution in [1.82, 2.24) is 19.8 Å². The molecule has 1 unspecified atom stereocenters. The van der Waals surface area contributed by atoms with Crippen LogP contribution in [0.3, 0.4) is 0 Å². The minimum Gasteiger partial charge on any atom is -0.462 e. The molecule has 2 heterocycles. The minimum atomic E-state index is -0.645. The van der Waals surface area contributed by atoms with Crippen molar-refractivity contribution >= 4 is 23.6 Å². The summed E-state index contributed by atoms with van der Waals surface area (Å²) in [4.78, 5) is 51.8. The molecule has 1 aliphatic heterocycles. The van der Waals surface area contributed by atoms with Crippen LogP contribution in [0.1, 0.15) is 46.1 Å². The zero-order valence-corrected chi connectivity index (χ0v) is 21.5. The van der Waals surface area contributed by atoms with Gasteiger partial charge in [-0.2, -0.15) is 0 Å². The van der Waals surface area contributed by atoms with Crippen molar-refractivity contribution in [2.24, 2.45) is 0 Å². The number of nitrogens with one attached hydrogen (secondary N) is 1. The van der Waals surface area contributed by atoms with Crippen LogP contribution in [0, 0.1) is 13.8 Å². The Bertz CT molecular complexity index is 1290. The van der Waals surface area contributed by atoms with Crippen molar-refractivity contribution < 1.29 is 19.1 Å². The first-order valence-electron chi connectivity index (χ1n) is 12.3. The molecule has 1 N–H and O–H groups in total. The van der Waals surface area contributed by atoms with Gasteiger partial charge in [-0.1, -0.05) is 48.0 Å². The van der Waals surface area contributed by atoms with Crippen molar-refractivity contribution in [2.75, 3.05) is 31.6 Å². The number of nitrogens with zero attached hydrogens (tertiary/aromatic N) is 4. The molecular weight excluding hydrogens is 470 g/mol. The van der Waals surface area contributed by atoms with Crippen molar-refractivity contribution in [3.8, 4) is 11.3 Å². The first-order chi connectivity index (χ1) is 17.8. The van der Waals surface area contributed by atoms with E-state index in [-0.39, 0.29) is 29.9 Å². The maximum Gasteiger partial charge on any atom is 0.342 e. The number of aryl methyl sites for hydroxylation is 2. The first kappa shape index (κ1) is 25.8. The van der Waals surface area contributed by atoms with E-state index in [1.165, 1.54) is 0 Å². The monoisotopic (exact) mass is 501 g/mol. The van der Waals surface area contributed by atoms with E-state index in [2.05, 4.69) is 15.3 Å². The molecule has 9 nitrogen and oxygen atoms in total. The number of hydrogen-bond donors (Lipinski definition) is 1. The number of rotatable bonds is 5. The van der Waals surface area contributed by atoms with Crippen LogP contribution in [-0.2, 0) is 4.74 Å². The summed E-state index contributed by atoms with van der Waals surface area (Å²) < 4.78 is 5.29. The molecule has 0 saturated carbocycles. The number of hydrogen-bond acceptors (Lipinski definition) is 6. The van der Waals surface area contributed by atoms with Crippen molar-refractivity contribution in [1.29, 1.82) is 0 Å². The Morgan fingerprint density at radius 1 is 1.00 bits per heavy atom. The van der Waals surface area contributed by atoms with Crippen molar-refractivity contribution in [3.05, 3.63) is 77.2 Å². The quantitative estimate of drug-likeness (QED) is 0.522. The highest BCUT2D eigenvalue weighted by atomic mass is 16.5. The summed E-state index contributed by atoms with van der Waals surface area (Å²) in [5.41, 5.74) is 2.93. The maximum atomic E-state index is 13.7. The van der Waals surface area contributed by atoms with Gasteiger partial charge in [-0.3, -0.25) is 4.79 Å². The van der Waals surface area contributed by atoms with E-state index in [1.54, 1.807) is 23.6 Å². The lowest BCUT2D eigenvalue weighted by molar-refractivity contribution is 0.0505. The molecular formula is C28H31N5O4. The van der Waals surface area contributed by atoms with Gasteiger partial charge in [0.05, 0.1) is 12.3 Å². The molecule has 0 bridgehead atoms. The van der Waals surface area contributed by atoms with Crippen LogP contribution in [-0.4, -0.2) is 70.0 Å². The fraction of sp³-hybridized carbons (Fsp3) is 0.321. The Morgan fingerprint density at radius 3 is 2.35 bits per heavy atom. The highest BCUT2D eigenvalue weighted by Gasteiger charge is 2.34. The van der Waals surface area contributed by atoms with E-state index in [0.29, 0.717) is 42.4 Å². The molecule has 2 aromatic carbocycles. The summed E-state index contributed by atoms with van der Waals surface area (Å²) in [7, 11) is 0. The Labute approximate surface area is 216 Å². The predicted molar refractivity (Wildman–Crippen MR) is 140 cm³/mol. The van der Waals surface area contributed by atoms with Crippen LogP contribution in [0.15, 0.2) is 54.6 Å². The molecule has 0 aliphatic carbocycles. The van der Waals surface area contributed by atoms with Gasteiger partial charge in [0.2, 0.25) is 0 Å². The third-order valence-corrected chi connectivity index (χ3v) is 6.23. The van der Waals surface area contributed by atoms with E-state index in [0.717, 1.165) is 5.56 Å². The van der Waals surface area contributed by atoms with Crippen molar-refractivity contribution in [3.63, 3.8) is 0 Å². The lowest BCUT2D eigenvalue weighted by Crippen LogP contribution is -2.56. The Kier molecular flexibility index (Phi) is 7.81. The Hall–Kier alpha value is -4.27. The number of urea groups is 1. The molecule has 1 saturated heterocycles. The average molecular weight is 502 g/mol. The number of piperazine rings is 1. The highest BCUT2D eigenvalue weighted by molar-refractivity contribution is 6.07. The van der Waals surface area contributed by atoms with E-state index in [1.807, 2.05) is 68.4 Å². The highest BCUT2D eigenvalue weighted by Crippen LogP contribution is 2.26. The van der Waals surface area contributed by atoms with Gasteiger partial charge in [0, 0.05) is 36.9 Å². The average Bonchev–Trinajstić information content (AvgIpc) is 2.89. The van der Waals surface area contributed by atoms with Gasteiger partial charge in [-0.05, 0) is 39.8 Å². The lowest BCUT2D eigenvalue weighted by atomic mass is 10.0. The molecule has 192 valence electrons. The molecule has 0 spiro atoms. The standard InChI is InChI=1S/C28H31N5O4/c1-5-37-27(35)23-24(21-9-7-6-8-10-21)29-20(4)30-25(23)26(34)32-15-16-33(19(3)17-32)28(36)31-22-13-11-18(2)12-14-22/h6-14,19H,5,15-17H2,1-4H3,(H,31,36). The fourth-order valence-corrected chi connectivity index (χ4v) is 4.35. The third kappa shape index (κ3) is 5.77. The zero-order chi connectivity index (χ0) is 26.5. The van der Waals surface area contributed by atoms with Crippen LogP contribution in [0.4, 0.5) is 10.5 Å². The number of ether oxygens (including phenoxy) is 1. The van der Waals surface area contributed by atoms with E-state index < -0.39 is 11.9 Å². The minimum absolute atomic E-state index is 0.00885. The smallest absolute Gasteiger partial charge is 0.342 e. The van der Waals surface area contributed by atoms with Crippen LogP contribution in [0.5, 0.6) is 0 Å². The molecule has 37 heavy (non-hydrogen) atoms. The summed E-state index contributed by atoms with van der Waals surface area (Å²) >= 11 is 0. The number of esters is 1. The molecule has 1 fully saturated rings. The zero-order valence-electron chi connectivity index (χ0n) is 21.5. The number of anilines is 1. The van der Waals surface area contributed by atoms with Crippen LogP contribution in [0.25, 0.3) is 11.3 Å². The van der Waals surface area contributed by atoms with Gasteiger partial charge in [0.25, 0.3) is 5.91 Å². The maximum absolute atomic E-state index is 13.7. The summed E-state index contributed by atoms with van der Waals surface area (Å²) in [6.07, 6.45) is 0. The molecule has 4 rings (SSSR count). The molecule has 3 amide bonds. The lowest BCUT2D eigenvalue weighted by Gasteiger charge is -2.39. The third-order valence-electron chi connectivity index (χ3n) is 6.23. The van der Waals surface area contributed by atoms with Crippen LogP contribution >= 0.6 is 0 Å². The second-order valence-electron chi connectivity index (χ2n) is 9.02. The van der Waals surface area contributed by atoms with Crippen LogP contribution < -0.4 is 5.32 Å². The van der Waals surface area contributed by atoms with E-state index in [9.17, 15) is 14.4 Å². The van der Waals surface area contributed by atoms with Gasteiger partial charge in [-0.25, -0.2) is 19.6 Å². The molecule has 1 aromatic heterocycles. The number of carbonyl (C=O) groups excluding carboxylic acids is 3. The van der Waals surface area contributed by atoms with Crippen LogP contribution in [0.2, 0.25) is 0 Å². The Morgan fingerprint density at radius 2 is 1.70 bits per heavy atom. The number of amides is 3. The Balaban J connectivity index is 1.58. The van der Waals surface area contributed by atoms with Crippen molar-refractivity contribution in [2.45, 2.75) is 33.7 Å². The number of aromatic nitrogens is 2. The van der Waals surface area contributed by atoms with Gasteiger partial charge >= 0.3 is 12.0 Å². The van der Waals surface area contributed by atoms with Gasteiger partial charge in [0.1, 0.15) is 17.1 Å². The number of carbonyl (C=O) groups is 3. The summed E-state index contributed by atoms with van der Waals surface area (Å²) in [5, 5.41) is 2.92. The van der Waals surface area contributed by atoms with E-state index >= 15 is 0 Å². The second-order valence-corrected chi connectivity index (χ2v) is 9.02. The van der Waals surface area contributed by atoms with Gasteiger partial charge in [-0.15, -0.1) is 0 Å². The SMILES string of the molecule is CCOC(=O)c1c(C(=O)N2CCN(C(=O)Nc3ccc(C)cc3)C(C)C2)nc(C)nc1-c1ccccc1. The summed E-state index contributed by atoms with van der Waals surface area (Å²) in [5.74, 6) is -0.663. The molecule has 0 radical (unpaired) electrons. The summed E-state index contributed by atoms with van der Waals surface area (Å²) in [6, 6.07) is 16.3.